The van der Waals surface area contributed by atoms with Crippen LogP contribution in [-0.2, 0) is 15.9 Å². The molecular formula is C23H34IN3O3. The number of ether oxygens (including phenoxy) is 2. The molecule has 166 valence electrons. The van der Waals surface area contributed by atoms with Crippen molar-refractivity contribution in [2.24, 2.45) is 10.9 Å². The average Bonchev–Trinajstić information content (AvgIpc) is 3.46. The molecule has 1 aromatic carbocycles. The van der Waals surface area contributed by atoms with Crippen LogP contribution in [0.2, 0.25) is 0 Å². The number of halogens is 1. The van der Waals surface area contributed by atoms with Gasteiger partial charge in [-0.3, -0.25) is 4.99 Å². The fraction of sp³-hybridized carbons (Fsp3) is 0.522. The second kappa shape index (κ2) is 14.4. The Labute approximate surface area is 196 Å². The lowest BCUT2D eigenvalue weighted by atomic mass is 10.1. The summed E-state index contributed by atoms with van der Waals surface area (Å²) in [5.41, 5.74) is 1.21. The maximum atomic E-state index is 5.95. The second-order valence-corrected chi connectivity index (χ2v) is 7.38. The van der Waals surface area contributed by atoms with Gasteiger partial charge in [0.15, 0.2) is 5.96 Å². The van der Waals surface area contributed by atoms with Crippen LogP contribution >= 0.6 is 24.0 Å². The van der Waals surface area contributed by atoms with Gasteiger partial charge in [-0.2, -0.15) is 0 Å². The van der Waals surface area contributed by atoms with E-state index in [0.29, 0.717) is 12.5 Å². The minimum absolute atomic E-state index is 0. The average molecular weight is 527 g/mol. The third kappa shape index (κ3) is 9.06. The zero-order valence-corrected chi connectivity index (χ0v) is 20.0. The number of hydrogen-bond donors (Lipinski definition) is 2. The van der Waals surface area contributed by atoms with E-state index in [1.54, 1.807) is 6.26 Å². The third-order valence-electron chi connectivity index (χ3n) is 5.03. The highest BCUT2D eigenvalue weighted by molar-refractivity contribution is 14.0. The first-order chi connectivity index (χ1) is 14.3. The van der Waals surface area contributed by atoms with E-state index in [2.05, 4.69) is 29.7 Å². The van der Waals surface area contributed by atoms with E-state index in [9.17, 15) is 0 Å². The lowest BCUT2D eigenvalue weighted by Crippen LogP contribution is -2.39. The number of nitrogens with zero attached hydrogens (tertiary/aromatic N) is 1. The van der Waals surface area contributed by atoms with E-state index in [4.69, 9.17) is 18.9 Å². The fourth-order valence-electron chi connectivity index (χ4n) is 3.24. The summed E-state index contributed by atoms with van der Waals surface area (Å²) in [6.07, 6.45) is 4.66. The minimum Gasteiger partial charge on any atom is -0.469 e. The van der Waals surface area contributed by atoms with E-state index >= 15 is 0 Å². The van der Waals surface area contributed by atoms with E-state index in [1.165, 1.54) is 5.56 Å². The molecule has 2 atom stereocenters. The van der Waals surface area contributed by atoms with Crippen molar-refractivity contribution < 1.29 is 13.9 Å². The van der Waals surface area contributed by atoms with Crippen LogP contribution in [0.25, 0.3) is 0 Å². The van der Waals surface area contributed by atoms with Crippen LogP contribution in [0.1, 0.15) is 37.2 Å². The lowest BCUT2D eigenvalue weighted by Gasteiger charge is -2.15. The maximum Gasteiger partial charge on any atom is 0.191 e. The summed E-state index contributed by atoms with van der Waals surface area (Å²) < 4.78 is 16.8. The highest BCUT2D eigenvalue weighted by atomic mass is 127. The summed E-state index contributed by atoms with van der Waals surface area (Å²) in [4.78, 5) is 4.75. The number of guanidine groups is 1. The number of furan rings is 1. The molecule has 2 aromatic rings. The van der Waals surface area contributed by atoms with E-state index < -0.39 is 0 Å². The predicted octanol–water partition coefficient (Wildman–Crippen LogP) is 4.18. The molecule has 2 heterocycles. The van der Waals surface area contributed by atoms with Crippen molar-refractivity contribution in [3.05, 3.63) is 60.1 Å². The van der Waals surface area contributed by atoms with Crippen molar-refractivity contribution in [1.29, 1.82) is 0 Å². The van der Waals surface area contributed by atoms with Gasteiger partial charge in [-0.1, -0.05) is 30.3 Å². The minimum atomic E-state index is 0. The van der Waals surface area contributed by atoms with Crippen LogP contribution in [0.4, 0.5) is 0 Å². The SMILES string of the molecule is CC(OCCCNC(=NCC1CCOC1)NCCc1ccco1)c1ccccc1.I. The van der Waals surface area contributed by atoms with Gasteiger partial charge in [-0.15, -0.1) is 24.0 Å². The monoisotopic (exact) mass is 527 g/mol. The number of benzene rings is 1. The van der Waals surface area contributed by atoms with Gasteiger partial charge in [-0.05, 0) is 37.5 Å². The van der Waals surface area contributed by atoms with Crippen LogP contribution in [0.15, 0.2) is 58.1 Å². The Hall–Kier alpha value is -1.58. The van der Waals surface area contributed by atoms with Crippen LogP contribution < -0.4 is 10.6 Å². The van der Waals surface area contributed by atoms with Crippen molar-refractivity contribution in [2.45, 2.75) is 32.3 Å². The molecule has 6 nitrogen and oxygen atoms in total. The smallest absolute Gasteiger partial charge is 0.191 e. The number of nitrogens with one attached hydrogen (secondary N) is 2. The van der Waals surface area contributed by atoms with Crippen LogP contribution in [0.5, 0.6) is 0 Å². The summed E-state index contributed by atoms with van der Waals surface area (Å²) in [6, 6.07) is 14.2. The number of rotatable bonds is 11. The molecule has 0 amide bonds. The first-order valence-corrected chi connectivity index (χ1v) is 10.6. The van der Waals surface area contributed by atoms with E-state index in [0.717, 1.165) is 63.8 Å². The Kier molecular flexibility index (Phi) is 11.9. The molecule has 1 aromatic heterocycles. The van der Waals surface area contributed by atoms with Gasteiger partial charge in [0.05, 0.1) is 19.0 Å². The molecule has 0 spiro atoms. The summed E-state index contributed by atoms with van der Waals surface area (Å²) in [5, 5.41) is 6.83. The largest absolute Gasteiger partial charge is 0.469 e. The normalized spacial score (nSPS) is 17.4. The van der Waals surface area contributed by atoms with Crippen LogP contribution in [0, 0.1) is 5.92 Å². The molecule has 1 fully saturated rings. The molecular weight excluding hydrogens is 493 g/mol. The summed E-state index contributed by atoms with van der Waals surface area (Å²) in [6.45, 7) is 6.85. The Balaban J connectivity index is 0.00000320. The number of aliphatic imine (C=N–C) groups is 1. The zero-order valence-electron chi connectivity index (χ0n) is 17.7. The highest BCUT2D eigenvalue weighted by Crippen LogP contribution is 2.15. The first-order valence-electron chi connectivity index (χ1n) is 10.6. The van der Waals surface area contributed by atoms with Gasteiger partial charge in [0, 0.05) is 45.2 Å². The summed E-state index contributed by atoms with van der Waals surface area (Å²) in [7, 11) is 0. The lowest BCUT2D eigenvalue weighted by molar-refractivity contribution is 0.0646. The molecule has 0 bridgehead atoms. The Bertz CT molecular complexity index is 704. The van der Waals surface area contributed by atoms with E-state index in [-0.39, 0.29) is 30.1 Å². The molecule has 7 heteroatoms. The molecule has 0 saturated carbocycles. The molecule has 2 unspecified atom stereocenters. The first kappa shape index (κ1) is 24.7. The standard InChI is InChI=1S/C23H33N3O3.HI/c1-19(21-7-3-2-4-8-21)28-15-6-12-24-23(26-17-20-11-16-27-18-20)25-13-10-22-9-5-14-29-22;/h2-5,7-9,14,19-20H,6,10-13,15-18H2,1H3,(H2,24,25,26);1H. The fourth-order valence-corrected chi connectivity index (χ4v) is 3.24. The molecule has 0 aliphatic carbocycles. The van der Waals surface area contributed by atoms with Gasteiger partial charge in [-0.25, -0.2) is 0 Å². The third-order valence-corrected chi connectivity index (χ3v) is 5.03. The van der Waals surface area contributed by atoms with Crippen LogP contribution in [-0.4, -0.2) is 45.4 Å². The van der Waals surface area contributed by atoms with Gasteiger partial charge < -0.3 is 24.5 Å². The number of hydrogen-bond acceptors (Lipinski definition) is 4. The van der Waals surface area contributed by atoms with Gasteiger partial charge in [0.25, 0.3) is 0 Å². The van der Waals surface area contributed by atoms with Gasteiger partial charge >= 0.3 is 0 Å². The van der Waals surface area contributed by atoms with Crippen molar-refractivity contribution >= 4 is 29.9 Å². The molecule has 2 N–H and O–H groups in total. The maximum absolute atomic E-state index is 5.95. The Morgan fingerprint density at radius 3 is 2.73 bits per heavy atom. The molecule has 1 aliphatic heterocycles. The molecule has 30 heavy (non-hydrogen) atoms. The van der Waals surface area contributed by atoms with E-state index in [1.807, 2.05) is 30.3 Å². The van der Waals surface area contributed by atoms with Gasteiger partial charge in [0.2, 0.25) is 0 Å². The van der Waals surface area contributed by atoms with Crippen LogP contribution in [0.3, 0.4) is 0 Å². The molecule has 1 aliphatic rings. The summed E-state index contributed by atoms with van der Waals surface area (Å²) >= 11 is 0. The molecule has 0 radical (unpaired) electrons. The molecule has 3 rings (SSSR count). The van der Waals surface area contributed by atoms with Gasteiger partial charge in [0.1, 0.15) is 5.76 Å². The second-order valence-electron chi connectivity index (χ2n) is 7.38. The quantitative estimate of drug-likeness (QED) is 0.199. The van der Waals surface area contributed by atoms with Crippen molar-refractivity contribution in [1.82, 2.24) is 10.6 Å². The summed E-state index contributed by atoms with van der Waals surface area (Å²) in [5.74, 6) is 2.35. The topological polar surface area (TPSA) is 68.0 Å². The highest BCUT2D eigenvalue weighted by Gasteiger charge is 2.15. The van der Waals surface area contributed by atoms with Crippen molar-refractivity contribution in [2.75, 3.05) is 39.5 Å². The zero-order chi connectivity index (χ0) is 20.2. The van der Waals surface area contributed by atoms with Crippen molar-refractivity contribution in [3.63, 3.8) is 0 Å². The Morgan fingerprint density at radius 1 is 1.17 bits per heavy atom. The Morgan fingerprint density at radius 2 is 2.00 bits per heavy atom. The van der Waals surface area contributed by atoms with Crippen molar-refractivity contribution in [3.8, 4) is 0 Å². The molecule has 1 saturated heterocycles. The predicted molar refractivity (Wildman–Crippen MR) is 130 cm³/mol.